The molecule has 0 spiro atoms. The molecule has 0 amide bonds. The lowest BCUT2D eigenvalue weighted by atomic mass is 10.3. The van der Waals surface area contributed by atoms with Crippen molar-refractivity contribution in [3.05, 3.63) is 29.0 Å². The summed E-state index contributed by atoms with van der Waals surface area (Å²) in [6, 6.07) is 3.40. The zero-order chi connectivity index (χ0) is 11.4. The number of hydrogen-bond acceptors (Lipinski definition) is 3. The zero-order valence-electron chi connectivity index (χ0n) is 7.11. The first kappa shape index (κ1) is 13.2. The molecule has 0 bridgehead atoms. The molecule has 0 saturated heterocycles. The normalized spacial score (nSPS) is 10.3. The topological polar surface area (TPSA) is 74.6 Å². The van der Waals surface area contributed by atoms with Crippen LogP contribution in [0.3, 0.4) is 0 Å². The van der Waals surface area contributed by atoms with Crippen LogP contribution in [-0.4, -0.2) is 24.3 Å². The van der Waals surface area contributed by atoms with Crippen molar-refractivity contribution in [2.45, 2.75) is 0 Å². The molecule has 0 saturated carbocycles. The van der Waals surface area contributed by atoms with Crippen LogP contribution in [0.1, 0.15) is 0 Å². The molecule has 4 nitrogen and oxygen atoms in total. The molecule has 0 fully saturated rings. The van der Waals surface area contributed by atoms with E-state index < -0.39 is 15.9 Å². The molecule has 1 aromatic carbocycles. The van der Waals surface area contributed by atoms with Gasteiger partial charge in [0, 0.05) is 0 Å². The molecule has 2 N–H and O–H groups in total. The third-order valence-corrected chi connectivity index (χ3v) is 1.21. The first-order valence-electron chi connectivity index (χ1n) is 3.26. The Hall–Kier alpha value is -0.850. The van der Waals surface area contributed by atoms with Crippen molar-refractivity contribution in [2.24, 2.45) is 0 Å². The van der Waals surface area contributed by atoms with E-state index in [1.165, 1.54) is 6.07 Å². The Kier molecular flexibility index (Phi) is 4.82. The second kappa shape index (κ2) is 5.14. The molecule has 0 aliphatic carbocycles. The summed E-state index contributed by atoms with van der Waals surface area (Å²) in [6.45, 7) is 0. The number of aromatic hydroxyl groups is 1. The highest BCUT2D eigenvalue weighted by Gasteiger charge is 1.96. The Balaban J connectivity index is 0.000000292. The Labute approximate surface area is 85.7 Å². The minimum Gasteiger partial charge on any atom is -0.506 e. The maximum absolute atomic E-state index is 12.2. The lowest BCUT2D eigenvalue weighted by Gasteiger charge is -1.92. The van der Waals surface area contributed by atoms with E-state index in [1.54, 1.807) is 0 Å². The maximum atomic E-state index is 12.2. The summed E-state index contributed by atoms with van der Waals surface area (Å²) in [5.41, 5.74) is 0. The van der Waals surface area contributed by atoms with Crippen LogP contribution in [0.15, 0.2) is 18.2 Å². The Morgan fingerprint density at radius 3 is 2.14 bits per heavy atom. The third kappa shape index (κ3) is 7.78. The monoisotopic (exact) mass is 242 g/mol. The second-order valence-electron chi connectivity index (χ2n) is 2.33. The molecule has 0 heterocycles. The Bertz CT molecular complexity index is 396. The van der Waals surface area contributed by atoms with Crippen molar-refractivity contribution >= 4 is 21.7 Å². The summed E-state index contributed by atoms with van der Waals surface area (Å²) in [6.07, 6.45) is 0.715. The standard InChI is InChI=1S/C6H4ClFO.CH4O3S/c7-5-3-4(8)1-2-6(5)9;1-5(2,3)4/h1-3,9H;1H3,(H,2,3,4). The van der Waals surface area contributed by atoms with Crippen LogP contribution in [0.25, 0.3) is 0 Å². The molecule has 7 heteroatoms. The van der Waals surface area contributed by atoms with E-state index in [9.17, 15) is 12.8 Å². The van der Waals surface area contributed by atoms with Gasteiger partial charge < -0.3 is 5.11 Å². The predicted octanol–water partition coefficient (Wildman–Crippen LogP) is 1.69. The highest BCUT2D eigenvalue weighted by atomic mass is 35.5. The summed E-state index contributed by atoms with van der Waals surface area (Å²) in [5.74, 6) is -0.545. The number of phenols is 1. The molecule has 0 atom stereocenters. The van der Waals surface area contributed by atoms with Gasteiger partial charge in [0.2, 0.25) is 0 Å². The van der Waals surface area contributed by atoms with Crippen LogP contribution >= 0.6 is 11.6 Å². The van der Waals surface area contributed by atoms with E-state index in [0.29, 0.717) is 6.26 Å². The fourth-order valence-electron chi connectivity index (χ4n) is 0.481. The second-order valence-corrected chi connectivity index (χ2v) is 4.20. The number of phenolic OH excluding ortho intramolecular Hbond substituents is 1. The summed E-state index contributed by atoms with van der Waals surface area (Å²) < 4.78 is 38.0. The van der Waals surface area contributed by atoms with Crippen molar-refractivity contribution < 1.29 is 22.5 Å². The van der Waals surface area contributed by atoms with Gasteiger partial charge in [0.15, 0.2) is 0 Å². The quantitative estimate of drug-likeness (QED) is 0.679. The first-order valence-corrected chi connectivity index (χ1v) is 5.49. The molecular formula is C7H8ClFO4S. The minimum atomic E-state index is -3.67. The molecule has 1 aromatic rings. The number of benzene rings is 1. The highest BCUT2D eigenvalue weighted by Crippen LogP contribution is 2.22. The van der Waals surface area contributed by atoms with Crippen molar-refractivity contribution in [3.63, 3.8) is 0 Å². The number of hydrogen-bond donors (Lipinski definition) is 2. The molecule has 0 unspecified atom stereocenters. The van der Waals surface area contributed by atoms with E-state index in [1.807, 2.05) is 0 Å². The van der Waals surface area contributed by atoms with Crippen LogP contribution in [0.5, 0.6) is 5.75 Å². The molecular weight excluding hydrogens is 235 g/mol. The molecule has 80 valence electrons. The van der Waals surface area contributed by atoms with E-state index in [2.05, 4.69) is 0 Å². The van der Waals surface area contributed by atoms with Gasteiger partial charge in [0.05, 0.1) is 11.3 Å². The van der Waals surface area contributed by atoms with Gasteiger partial charge in [-0.2, -0.15) is 8.42 Å². The average molecular weight is 243 g/mol. The first-order chi connectivity index (χ1) is 6.20. The van der Waals surface area contributed by atoms with Crippen LogP contribution in [0, 0.1) is 5.82 Å². The van der Waals surface area contributed by atoms with Crippen LogP contribution in [0.4, 0.5) is 4.39 Å². The van der Waals surface area contributed by atoms with Gasteiger partial charge in [-0.25, -0.2) is 4.39 Å². The molecule has 0 aromatic heterocycles. The van der Waals surface area contributed by atoms with E-state index >= 15 is 0 Å². The summed E-state index contributed by atoms with van der Waals surface area (Å²) in [7, 11) is -3.67. The largest absolute Gasteiger partial charge is 0.506 e. The minimum absolute atomic E-state index is 0.0370. The summed E-state index contributed by atoms with van der Waals surface area (Å²) in [4.78, 5) is 0. The lowest BCUT2D eigenvalue weighted by molar-refractivity contribution is 0.473. The SMILES string of the molecule is CS(=O)(=O)O.Oc1ccc(F)cc1Cl. The Morgan fingerprint density at radius 2 is 1.86 bits per heavy atom. The highest BCUT2D eigenvalue weighted by molar-refractivity contribution is 7.85. The van der Waals surface area contributed by atoms with Crippen LogP contribution in [-0.2, 0) is 10.1 Å². The molecule has 1 rings (SSSR count). The van der Waals surface area contributed by atoms with E-state index in [-0.39, 0.29) is 10.8 Å². The third-order valence-electron chi connectivity index (χ3n) is 0.910. The lowest BCUT2D eigenvalue weighted by Crippen LogP contribution is -1.88. The Morgan fingerprint density at radius 1 is 1.43 bits per heavy atom. The van der Waals surface area contributed by atoms with Gasteiger partial charge >= 0.3 is 0 Å². The predicted molar refractivity (Wildman–Crippen MR) is 50.5 cm³/mol. The van der Waals surface area contributed by atoms with Gasteiger partial charge in [0.25, 0.3) is 10.1 Å². The molecule has 0 radical (unpaired) electrons. The van der Waals surface area contributed by atoms with Crippen molar-refractivity contribution in [3.8, 4) is 5.75 Å². The number of rotatable bonds is 0. The van der Waals surface area contributed by atoms with Crippen molar-refractivity contribution in [1.29, 1.82) is 0 Å². The summed E-state index contributed by atoms with van der Waals surface area (Å²) in [5, 5.41) is 8.78. The average Bonchev–Trinajstić information content (AvgIpc) is 1.94. The molecule has 0 aliphatic heterocycles. The fourth-order valence-corrected chi connectivity index (χ4v) is 0.648. The molecule has 14 heavy (non-hydrogen) atoms. The number of halogens is 2. The van der Waals surface area contributed by atoms with Crippen molar-refractivity contribution in [1.82, 2.24) is 0 Å². The van der Waals surface area contributed by atoms with E-state index in [4.69, 9.17) is 21.3 Å². The summed E-state index contributed by atoms with van der Waals surface area (Å²) >= 11 is 5.32. The molecule has 0 aliphatic rings. The van der Waals surface area contributed by atoms with Gasteiger partial charge in [-0.05, 0) is 18.2 Å². The van der Waals surface area contributed by atoms with E-state index in [0.717, 1.165) is 12.1 Å². The smallest absolute Gasteiger partial charge is 0.261 e. The van der Waals surface area contributed by atoms with Gasteiger partial charge in [0.1, 0.15) is 11.6 Å². The fraction of sp³-hybridized carbons (Fsp3) is 0.143. The van der Waals surface area contributed by atoms with Crippen LogP contribution < -0.4 is 0 Å². The van der Waals surface area contributed by atoms with Gasteiger partial charge in [-0.15, -0.1) is 0 Å². The van der Waals surface area contributed by atoms with Gasteiger partial charge in [-0.1, -0.05) is 11.6 Å². The van der Waals surface area contributed by atoms with Gasteiger partial charge in [-0.3, -0.25) is 4.55 Å². The maximum Gasteiger partial charge on any atom is 0.261 e. The van der Waals surface area contributed by atoms with Crippen LogP contribution in [0.2, 0.25) is 5.02 Å². The zero-order valence-corrected chi connectivity index (χ0v) is 8.68. The van der Waals surface area contributed by atoms with Crippen molar-refractivity contribution in [2.75, 3.05) is 6.26 Å².